The molecule has 2 unspecified atom stereocenters. The van der Waals surface area contributed by atoms with E-state index in [4.69, 9.17) is 11.6 Å². The molecule has 5 nitrogen and oxygen atoms in total. The van der Waals surface area contributed by atoms with Crippen LogP contribution in [0.3, 0.4) is 0 Å². The summed E-state index contributed by atoms with van der Waals surface area (Å²) in [5.41, 5.74) is 7.35. The number of carbonyl (C=O) groups excluding carboxylic acids is 1. The first-order valence-electron chi connectivity index (χ1n) is 7.96. The summed E-state index contributed by atoms with van der Waals surface area (Å²) in [6.07, 6.45) is 0. The Morgan fingerprint density at radius 1 is 1.13 bits per heavy atom. The molecule has 0 bridgehead atoms. The first-order chi connectivity index (χ1) is 10.7. The molecule has 4 rings (SSSR count). The molecule has 0 aromatic heterocycles. The van der Waals surface area contributed by atoms with Gasteiger partial charge < -0.3 is 10.2 Å². The van der Waals surface area contributed by atoms with Gasteiger partial charge in [-0.25, -0.2) is 5.43 Å². The lowest BCUT2D eigenvalue weighted by atomic mass is 9.93. The van der Waals surface area contributed by atoms with Crippen LogP contribution in [0.2, 0.25) is 5.02 Å². The fraction of sp³-hybridized carbons (Fsp3) is 0.562. The third kappa shape index (κ3) is 3.08. The number of hydrazine groups is 1. The molecule has 7 heteroatoms. The van der Waals surface area contributed by atoms with E-state index in [0.29, 0.717) is 23.4 Å². The molecule has 1 aromatic carbocycles. The van der Waals surface area contributed by atoms with Gasteiger partial charge in [0.2, 0.25) is 5.91 Å². The average molecular weight is 357 g/mol. The molecule has 3 saturated heterocycles. The van der Waals surface area contributed by atoms with Crippen LogP contribution >= 0.6 is 24.0 Å². The van der Waals surface area contributed by atoms with E-state index in [9.17, 15) is 4.79 Å². The van der Waals surface area contributed by atoms with Gasteiger partial charge in [0, 0.05) is 37.7 Å². The Bertz CT molecular complexity index is 573. The van der Waals surface area contributed by atoms with E-state index >= 15 is 0 Å². The lowest BCUT2D eigenvalue weighted by Crippen LogP contribution is -2.39. The summed E-state index contributed by atoms with van der Waals surface area (Å²) in [5.74, 6) is 1.42. The van der Waals surface area contributed by atoms with Crippen molar-refractivity contribution in [3.63, 3.8) is 0 Å². The van der Waals surface area contributed by atoms with E-state index in [0.717, 1.165) is 31.7 Å². The minimum absolute atomic E-state index is 0. The van der Waals surface area contributed by atoms with Gasteiger partial charge in [-0.3, -0.25) is 10.2 Å². The quantitative estimate of drug-likeness (QED) is 0.745. The molecule has 4 atom stereocenters. The van der Waals surface area contributed by atoms with Crippen molar-refractivity contribution in [3.05, 3.63) is 34.9 Å². The average Bonchev–Trinajstić information content (AvgIpc) is 3.22. The number of nitrogens with zero attached hydrogens (tertiary/aromatic N) is 1. The largest absolute Gasteiger partial charge is 0.342 e. The third-order valence-electron chi connectivity index (χ3n) is 5.24. The number of likely N-dealkylation sites (tertiary alicyclic amines) is 1. The number of carbonyl (C=O) groups is 1. The number of fused-ring (bicyclic) bond motifs is 1. The van der Waals surface area contributed by atoms with Crippen molar-refractivity contribution in [1.82, 2.24) is 21.1 Å². The third-order valence-corrected chi connectivity index (χ3v) is 5.58. The van der Waals surface area contributed by atoms with Crippen molar-refractivity contribution >= 4 is 29.9 Å². The van der Waals surface area contributed by atoms with E-state index in [1.807, 2.05) is 24.3 Å². The fourth-order valence-electron chi connectivity index (χ4n) is 4.02. The van der Waals surface area contributed by atoms with Gasteiger partial charge in [0.25, 0.3) is 0 Å². The number of benzene rings is 1. The Kier molecular flexibility index (Phi) is 5.13. The molecule has 3 heterocycles. The molecule has 1 aromatic rings. The lowest BCUT2D eigenvalue weighted by molar-refractivity contribution is -0.134. The predicted molar refractivity (Wildman–Crippen MR) is 92.5 cm³/mol. The van der Waals surface area contributed by atoms with Gasteiger partial charge in [0.15, 0.2) is 0 Å². The van der Waals surface area contributed by atoms with Gasteiger partial charge in [0.05, 0.1) is 12.0 Å². The highest BCUT2D eigenvalue weighted by Gasteiger charge is 2.43. The number of hydrogen-bond acceptors (Lipinski definition) is 4. The molecule has 0 saturated carbocycles. The molecule has 3 aliphatic heterocycles. The van der Waals surface area contributed by atoms with Crippen LogP contribution in [0.25, 0.3) is 0 Å². The smallest absolute Gasteiger partial charge is 0.229 e. The van der Waals surface area contributed by atoms with Gasteiger partial charge in [-0.1, -0.05) is 29.8 Å². The van der Waals surface area contributed by atoms with E-state index in [-0.39, 0.29) is 30.3 Å². The van der Waals surface area contributed by atoms with Crippen LogP contribution in [0.5, 0.6) is 0 Å². The standard InChI is InChI=1S/C16H21ClN4O.ClH/c17-14-4-2-1-3-12(14)15-13(7-19-20-15)16(22)21-8-10-5-18-6-11(10)9-21;/h1-4,10-11,13,15,18-20H,5-9H2;1H/t10-,11+,13?,15?;. The number of halogens is 2. The summed E-state index contributed by atoms with van der Waals surface area (Å²) in [5, 5.41) is 4.13. The van der Waals surface area contributed by atoms with Crippen molar-refractivity contribution in [2.45, 2.75) is 6.04 Å². The second-order valence-corrected chi connectivity index (χ2v) is 6.96. The van der Waals surface area contributed by atoms with Crippen LogP contribution in [0, 0.1) is 17.8 Å². The number of nitrogens with one attached hydrogen (secondary N) is 3. The molecular weight excluding hydrogens is 335 g/mol. The van der Waals surface area contributed by atoms with Crippen molar-refractivity contribution in [2.24, 2.45) is 17.8 Å². The van der Waals surface area contributed by atoms with Gasteiger partial charge in [0.1, 0.15) is 0 Å². The molecule has 0 aliphatic carbocycles. The molecule has 0 radical (unpaired) electrons. The van der Waals surface area contributed by atoms with Crippen LogP contribution in [0.15, 0.2) is 24.3 Å². The van der Waals surface area contributed by atoms with Crippen molar-refractivity contribution < 1.29 is 4.79 Å². The Balaban J connectivity index is 0.00000156. The van der Waals surface area contributed by atoms with Crippen LogP contribution in [0.4, 0.5) is 0 Å². The van der Waals surface area contributed by atoms with Crippen LogP contribution in [-0.4, -0.2) is 43.5 Å². The summed E-state index contributed by atoms with van der Waals surface area (Å²) < 4.78 is 0. The predicted octanol–water partition coefficient (Wildman–Crippen LogP) is 1.20. The van der Waals surface area contributed by atoms with Crippen molar-refractivity contribution in [2.75, 3.05) is 32.7 Å². The minimum Gasteiger partial charge on any atom is -0.342 e. The summed E-state index contributed by atoms with van der Waals surface area (Å²) in [7, 11) is 0. The maximum absolute atomic E-state index is 13.0. The molecule has 23 heavy (non-hydrogen) atoms. The molecule has 3 N–H and O–H groups in total. The van der Waals surface area contributed by atoms with Crippen LogP contribution in [0.1, 0.15) is 11.6 Å². The first kappa shape index (κ1) is 17.0. The lowest BCUT2D eigenvalue weighted by Gasteiger charge is -2.25. The molecule has 3 fully saturated rings. The van der Waals surface area contributed by atoms with E-state index in [1.165, 1.54) is 0 Å². The summed E-state index contributed by atoms with van der Waals surface area (Å²) in [6, 6.07) is 7.70. The van der Waals surface area contributed by atoms with Gasteiger partial charge in [-0.05, 0) is 23.5 Å². The highest BCUT2D eigenvalue weighted by Crippen LogP contribution is 2.34. The Morgan fingerprint density at radius 2 is 1.83 bits per heavy atom. The monoisotopic (exact) mass is 356 g/mol. The van der Waals surface area contributed by atoms with Crippen LogP contribution < -0.4 is 16.2 Å². The molecule has 0 spiro atoms. The van der Waals surface area contributed by atoms with Crippen LogP contribution in [-0.2, 0) is 4.79 Å². The maximum Gasteiger partial charge on any atom is 0.229 e. The molecule has 126 valence electrons. The summed E-state index contributed by atoms with van der Waals surface area (Å²) in [4.78, 5) is 15.0. The van der Waals surface area contributed by atoms with Gasteiger partial charge in [-0.15, -0.1) is 12.4 Å². The van der Waals surface area contributed by atoms with E-state index < -0.39 is 0 Å². The second-order valence-electron chi connectivity index (χ2n) is 6.55. The van der Waals surface area contributed by atoms with Gasteiger partial charge in [-0.2, -0.15) is 0 Å². The van der Waals surface area contributed by atoms with E-state index in [1.54, 1.807) is 0 Å². The normalized spacial score (nSPS) is 32.7. The van der Waals surface area contributed by atoms with Crippen molar-refractivity contribution in [1.29, 1.82) is 0 Å². The van der Waals surface area contributed by atoms with Crippen molar-refractivity contribution in [3.8, 4) is 0 Å². The second kappa shape index (κ2) is 6.95. The first-order valence-corrected chi connectivity index (χ1v) is 8.34. The van der Waals surface area contributed by atoms with Gasteiger partial charge >= 0.3 is 0 Å². The summed E-state index contributed by atoms with van der Waals surface area (Å²) in [6.45, 7) is 4.52. The molecular formula is C16H22Cl2N4O. The Labute approximate surface area is 147 Å². The minimum atomic E-state index is -0.0910. The topological polar surface area (TPSA) is 56.4 Å². The highest BCUT2D eigenvalue weighted by atomic mass is 35.5. The zero-order chi connectivity index (χ0) is 15.1. The fourth-order valence-corrected chi connectivity index (χ4v) is 4.27. The Morgan fingerprint density at radius 3 is 2.52 bits per heavy atom. The number of hydrogen-bond donors (Lipinski definition) is 3. The maximum atomic E-state index is 13.0. The number of amides is 1. The molecule has 3 aliphatic rings. The Hall–Kier alpha value is -0.850. The van der Waals surface area contributed by atoms with E-state index in [2.05, 4.69) is 21.1 Å². The number of rotatable bonds is 2. The summed E-state index contributed by atoms with van der Waals surface area (Å²) >= 11 is 6.31. The molecule has 1 amide bonds. The zero-order valence-corrected chi connectivity index (χ0v) is 14.4. The SMILES string of the molecule is Cl.O=C(C1CNNC1c1ccccc1Cl)N1C[C@H]2CNC[C@H]2C1. The highest BCUT2D eigenvalue weighted by molar-refractivity contribution is 6.31. The zero-order valence-electron chi connectivity index (χ0n) is 12.8.